The highest BCUT2D eigenvalue weighted by Gasteiger charge is 2.40. The standard InChI is InChI=1S/C24H29ClN2O4/c1-16(28)31-23-21(17-6-9-20(30-4)10-7-17)15-18-14-19(25)8-11-22(18)27(24(23)29)13-5-12-26(2)3/h6-11,14,21,23H,5,12-13,15H2,1-4H3/t21-,23+/m0/s1. The number of ether oxygens (including phenoxy) is 2. The van der Waals surface area contributed by atoms with Crippen LogP contribution in [0.15, 0.2) is 42.5 Å². The molecule has 0 bridgehead atoms. The van der Waals surface area contributed by atoms with Crippen LogP contribution in [-0.4, -0.2) is 57.2 Å². The lowest BCUT2D eigenvalue weighted by Crippen LogP contribution is -2.44. The highest BCUT2D eigenvalue weighted by molar-refractivity contribution is 6.30. The molecule has 0 aliphatic carbocycles. The maximum atomic E-state index is 13.7. The van der Waals surface area contributed by atoms with E-state index < -0.39 is 12.1 Å². The predicted molar refractivity (Wildman–Crippen MR) is 122 cm³/mol. The van der Waals surface area contributed by atoms with Gasteiger partial charge in [-0.2, -0.15) is 0 Å². The van der Waals surface area contributed by atoms with E-state index in [2.05, 4.69) is 4.90 Å². The van der Waals surface area contributed by atoms with Gasteiger partial charge < -0.3 is 19.3 Å². The van der Waals surface area contributed by atoms with Crippen molar-refractivity contribution < 1.29 is 19.1 Å². The van der Waals surface area contributed by atoms with Gasteiger partial charge in [-0.3, -0.25) is 9.59 Å². The molecule has 0 saturated carbocycles. The summed E-state index contributed by atoms with van der Waals surface area (Å²) in [5.74, 6) is -0.301. The monoisotopic (exact) mass is 444 g/mol. The van der Waals surface area contributed by atoms with Gasteiger partial charge in [-0.15, -0.1) is 0 Å². The molecule has 2 aromatic rings. The van der Waals surface area contributed by atoms with Crippen LogP contribution in [0, 0.1) is 0 Å². The van der Waals surface area contributed by atoms with Crippen LogP contribution in [0.4, 0.5) is 5.69 Å². The van der Waals surface area contributed by atoms with Gasteiger partial charge in [-0.1, -0.05) is 23.7 Å². The van der Waals surface area contributed by atoms with Gasteiger partial charge in [-0.25, -0.2) is 0 Å². The number of fused-ring (bicyclic) bond motifs is 1. The Morgan fingerprint density at radius 1 is 1.19 bits per heavy atom. The van der Waals surface area contributed by atoms with E-state index in [1.54, 1.807) is 18.1 Å². The molecule has 2 atom stereocenters. The number of carbonyl (C=O) groups is 2. The van der Waals surface area contributed by atoms with Gasteiger partial charge >= 0.3 is 5.97 Å². The van der Waals surface area contributed by atoms with Crippen LogP contribution in [0.1, 0.15) is 30.4 Å². The summed E-state index contributed by atoms with van der Waals surface area (Å²) < 4.78 is 10.9. The Morgan fingerprint density at radius 3 is 2.52 bits per heavy atom. The third kappa shape index (κ3) is 5.57. The average Bonchev–Trinajstić information content (AvgIpc) is 2.83. The van der Waals surface area contributed by atoms with Crippen LogP contribution in [0.5, 0.6) is 5.75 Å². The van der Waals surface area contributed by atoms with Crippen molar-refractivity contribution in [1.82, 2.24) is 4.90 Å². The van der Waals surface area contributed by atoms with Crippen molar-refractivity contribution in [1.29, 1.82) is 0 Å². The van der Waals surface area contributed by atoms with Gasteiger partial charge in [0.2, 0.25) is 0 Å². The number of esters is 1. The van der Waals surface area contributed by atoms with Crippen LogP contribution in [0.2, 0.25) is 5.02 Å². The first kappa shape index (κ1) is 23.1. The SMILES string of the molecule is COc1ccc([C@@H]2Cc3cc(Cl)ccc3N(CCCN(C)C)C(=O)[C@@H]2OC(C)=O)cc1. The fraction of sp³-hybridized carbons (Fsp3) is 0.417. The zero-order valence-electron chi connectivity index (χ0n) is 18.4. The molecule has 0 unspecified atom stereocenters. The molecule has 1 amide bonds. The number of methoxy groups -OCH3 is 1. The van der Waals surface area contributed by atoms with Crippen LogP contribution < -0.4 is 9.64 Å². The first-order valence-corrected chi connectivity index (χ1v) is 10.7. The molecule has 0 N–H and O–H groups in total. The molecule has 0 radical (unpaired) electrons. The summed E-state index contributed by atoms with van der Waals surface area (Å²) >= 11 is 6.30. The summed E-state index contributed by atoms with van der Waals surface area (Å²) in [5.41, 5.74) is 2.68. The number of amides is 1. The summed E-state index contributed by atoms with van der Waals surface area (Å²) in [6.45, 7) is 2.70. The number of hydrogen-bond donors (Lipinski definition) is 0. The molecule has 0 spiro atoms. The second-order valence-electron chi connectivity index (χ2n) is 8.03. The summed E-state index contributed by atoms with van der Waals surface area (Å²) in [7, 11) is 5.61. The molecular weight excluding hydrogens is 416 g/mol. The average molecular weight is 445 g/mol. The maximum Gasteiger partial charge on any atom is 0.303 e. The lowest BCUT2D eigenvalue weighted by atomic mass is 9.87. The highest BCUT2D eigenvalue weighted by Crippen LogP contribution is 2.38. The fourth-order valence-corrected chi connectivity index (χ4v) is 4.19. The zero-order chi connectivity index (χ0) is 22.5. The van der Waals surface area contributed by atoms with Crippen LogP contribution in [0.3, 0.4) is 0 Å². The zero-order valence-corrected chi connectivity index (χ0v) is 19.2. The van der Waals surface area contributed by atoms with E-state index >= 15 is 0 Å². The highest BCUT2D eigenvalue weighted by atomic mass is 35.5. The van der Waals surface area contributed by atoms with Crippen LogP contribution in [-0.2, 0) is 20.7 Å². The molecule has 0 fully saturated rings. The number of benzene rings is 2. The number of halogens is 1. The Balaban J connectivity index is 2.05. The Hall–Kier alpha value is -2.57. The molecular formula is C24H29ClN2O4. The molecule has 31 heavy (non-hydrogen) atoms. The topological polar surface area (TPSA) is 59.1 Å². The van der Waals surface area contributed by atoms with Crippen molar-refractivity contribution >= 4 is 29.2 Å². The summed E-state index contributed by atoms with van der Waals surface area (Å²) in [6, 6.07) is 13.1. The van der Waals surface area contributed by atoms with E-state index in [0.29, 0.717) is 18.0 Å². The van der Waals surface area contributed by atoms with Gasteiger partial charge in [0, 0.05) is 30.1 Å². The van der Waals surface area contributed by atoms with E-state index in [9.17, 15) is 9.59 Å². The predicted octanol–water partition coefficient (Wildman–Crippen LogP) is 3.90. The molecule has 3 rings (SSSR count). The fourth-order valence-electron chi connectivity index (χ4n) is 4.00. The molecule has 0 aromatic heterocycles. The number of hydrogen-bond acceptors (Lipinski definition) is 5. The maximum absolute atomic E-state index is 13.7. The van der Waals surface area contributed by atoms with E-state index in [4.69, 9.17) is 21.1 Å². The first-order chi connectivity index (χ1) is 14.8. The van der Waals surface area contributed by atoms with Crippen LogP contribution in [0.25, 0.3) is 0 Å². The minimum atomic E-state index is -0.920. The van der Waals surface area contributed by atoms with Gasteiger partial charge in [0.05, 0.1) is 7.11 Å². The lowest BCUT2D eigenvalue weighted by molar-refractivity contribution is -0.154. The number of rotatable bonds is 7. The van der Waals surface area contributed by atoms with E-state index in [-0.39, 0.29) is 11.8 Å². The quantitative estimate of drug-likeness (QED) is 0.606. The number of nitrogens with zero attached hydrogens (tertiary/aromatic N) is 2. The molecule has 166 valence electrons. The minimum Gasteiger partial charge on any atom is -0.497 e. The third-order valence-corrected chi connectivity index (χ3v) is 5.71. The second-order valence-corrected chi connectivity index (χ2v) is 8.47. The molecule has 7 heteroatoms. The van der Waals surface area contributed by atoms with Gasteiger partial charge in [0.15, 0.2) is 6.10 Å². The third-order valence-electron chi connectivity index (χ3n) is 5.47. The summed E-state index contributed by atoms with van der Waals surface area (Å²) in [6.07, 6.45) is 0.396. The molecule has 6 nitrogen and oxygen atoms in total. The Bertz CT molecular complexity index is 930. The molecule has 0 saturated heterocycles. The van der Waals surface area contributed by atoms with Crippen molar-refractivity contribution in [3.05, 3.63) is 58.6 Å². The van der Waals surface area contributed by atoms with Crippen LogP contribution >= 0.6 is 11.6 Å². The smallest absolute Gasteiger partial charge is 0.303 e. The number of anilines is 1. The van der Waals surface area contributed by atoms with E-state index in [0.717, 1.165) is 35.5 Å². The van der Waals surface area contributed by atoms with Crippen molar-refractivity contribution in [3.8, 4) is 5.75 Å². The van der Waals surface area contributed by atoms with Crippen molar-refractivity contribution in [3.63, 3.8) is 0 Å². The second kappa shape index (κ2) is 10.2. The van der Waals surface area contributed by atoms with E-state index in [1.807, 2.05) is 50.5 Å². The Morgan fingerprint density at radius 2 is 1.90 bits per heavy atom. The molecule has 1 aliphatic heterocycles. The largest absolute Gasteiger partial charge is 0.497 e. The minimum absolute atomic E-state index is 0.212. The number of carbonyl (C=O) groups excluding carboxylic acids is 2. The molecule has 1 aliphatic rings. The Kier molecular flexibility index (Phi) is 7.57. The van der Waals surface area contributed by atoms with Crippen molar-refractivity contribution in [2.75, 3.05) is 39.2 Å². The summed E-state index contributed by atoms with van der Waals surface area (Å²) in [5, 5.41) is 0.610. The lowest BCUT2D eigenvalue weighted by Gasteiger charge is -2.28. The summed E-state index contributed by atoms with van der Waals surface area (Å²) in [4.78, 5) is 29.5. The van der Waals surface area contributed by atoms with Gasteiger partial charge in [-0.05, 0) is 74.9 Å². The first-order valence-electron chi connectivity index (χ1n) is 10.4. The molecule has 1 heterocycles. The van der Waals surface area contributed by atoms with Gasteiger partial charge in [0.1, 0.15) is 5.75 Å². The molecule has 2 aromatic carbocycles. The normalized spacial score (nSPS) is 18.5. The van der Waals surface area contributed by atoms with Crippen molar-refractivity contribution in [2.24, 2.45) is 0 Å². The van der Waals surface area contributed by atoms with Gasteiger partial charge in [0.25, 0.3) is 5.91 Å². The Labute approximate surface area is 188 Å². The van der Waals surface area contributed by atoms with E-state index in [1.165, 1.54) is 6.92 Å². The van der Waals surface area contributed by atoms with Crippen molar-refractivity contribution in [2.45, 2.75) is 31.8 Å².